The summed E-state index contributed by atoms with van der Waals surface area (Å²) >= 11 is 1.74. The molecule has 6 heteroatoms. The van der Waals surface area contributed by atoms with Crippen LogP contribution in [0.2, 0.25) is 0 Å². The Kier molecular flexibility index (Phi) is 4.32. The van der Waals surface area contributed by atoms with E-state index in [1.165, 1.54) is 17.2 Å². The van der Waals surface area contributed by atoms with Crippen molar-refractivity contribution in [1.29, 1.82) is 0 Å². The number of aromatic nitrogens is 4. The highest BCUT2D eigenvalue weighted by molar-refractivity contribution is 7.11. The standard InChI is InChI=1S/C16H25N5S/c1-10(2)15-17-12-8-21(7-6-13(12)20(15)5)9-14-18-19-16(22-14)11(3)4/h10-11H,6-9H2,1-5H3. The average molecular weight is 319 g/mol. The summed E-state index contributed by atoms with van der Waals surface area (Å²) in [6.07, 6.45) is 1.07. The van der Waals surface area contributed by atoms with Crippen LogP contribution < -0.4 is 0 Å². The molecule has 0 radical (unpaired) electrons. The molecule has 0 atom stereocenters. The van der Waals surface area contributed by atoms with Gasteiger partial charge in [0, 0.05) is 44.1 Å². The smallest absolute Gasteiger partial charge is 0.131 e. The summed E-state index contributed by atoms with van der Waals surface area (Å²) < 4.78 is 2.29. The van der Waals surface area contributed by atoms with Crippen LogP contribution in [0.5, 0.6) is 0 Å². The van der Waals surface area contributed by atoms with Gasteiger partial charge in [0.05, 0.1) is 12.2 Å². The third kappa shape index (κ3) is 2.94. The maximum atomic E-state index is 4.86. The minimum atomic E-state index is 0.462. The van der Waals surface area contributed by atoms with Gasteiger partial charge in [-0.15, -0.1) is 10.2 Å². The van der Waals surface area contributed by atoms with Crippen molar-refractivity contribution in [3.63, 3.8) is 0 Å². The van der Waals surface area contributed by atoms with Crippen LogP contribution in [-0.2, 0) is 26.6 Å². The first kappa shape index (κ1) is 15.6. The molecule has 0 saturated heterocycles. The van der Waals surface area contributed by atoms with Gasteiger partial charge >= 0.3 is 0 Å². The fourth-order valence-electron chi connectivity index (χ4n) is 3.01. The van der Waals surface area contributed by atoms with Crippen molar-refractivity contribution in [3.05, 3.63) is 27.2 Å². The summed E-state index contributed by atoms with van der Waals surface area (Å²) in [6.45, 7) is 11.6. The molecule has 22 heavy (non-hydrogen) atoms. The first-order valence-electron chi connectivity index (χ1n) is 8.04. The van der Waals surface area contributed by atoms with Crippen molar-refractivity contribution < 1.29 is 0 Å². The molecular formula is C16H25N5S. The summed E-state index contributed by atoms with van der Waals surface area (Å²) in [4.78, 5) is 7.30. The Labute approximate surface area is 136 Å². The molecule has 5 nitrogen and oxygen atoms in total. The second-order valence-electron chi connectivity index (χ2n) is 6.73. The zero-order valence-electron chi connectivity index (χ0n) is 14.1. The molecule has 0 unspecified atom stereocenters. The molecular weight excluding hydrogens is 294 g/mol. The molecule has 0 amide bonds. The normalized spacial score (nSPS) is 15.8. The second kappa shape index (κ2) is 6.08. The first-order chi connectivity index (χ1) is 10.5. The van der Waals surface area contributed by atoms with Crippen molar-refractivity contribution in [2.75, 3.05) is 6.54 Å². The van der Waals surface area contributed by atoms with Gasteiger partial charge in [0.2, 0.25) is 0 Å². The van der Waals surface area contributed by atoms with E-state index in [9.17, 15) is 0 Å². The molecule has 2 aromatic rings. The van der Waals surface area contributed by atoms with Crippen LogP contribution >= 0.6 is 11.3 Å². The van der Waals surface area contributed by atoms with E-state index in [-0.39, 0.29) is 0 Å². The summed E-state index contributed by atoms with van der Waals surface area (Å²) in [5, 5.41) is 10.9. The molecule has 0 N–H and O–H groups in total. The summed E-state index contributed by atoms with van der Waals surface area (Å²) in [6, 6.07) is 0. The van der Waals surface area contributed by atoms with E-state index in [1.807, 2.05) is 0 Å². The van der Waals surface area contributed by atoms with E-state index in [0.717, 1.165) is 36.1 Å². The third-order valence-corrected chi connectivity index (χ3v) is 5.43. The average Bonchev–Trinajstić information content (AvgIpc) is 3.04. The van der Waals surface area contributed by atoms with Crippen LogP contribution in [0, 0.1) is 0 Å². The van der Waals surface area contributed by atoms with Crippen LogP contribution in [0.3, 0.4) is 0 Å². The maximum Gasteiger partial charge on any atom is 0.131 e. The molecule has 1 aliphatic rings. The van der Waals surface area contributed by atoms with Gasteiger partial charge in [-0.3, -0.25) is 4.90 Å². The molecule has 1 aliphatic heterocycles. The molecule has 0 saturated carbocycles. The van der Waals surface area contributed by atoms with Gasteiger partial charge in [-0.1, -0.05) is 39.0 Å². The number of hydrogen-bond acceptors (Lipinski definition) is 5. The Hall–Kier alpha value is -1.27. The minimum absolute atomic E-state index is 0.462. The fourth-order valence-corrected chi connectivity index (χ4v) is 3.90. The monoisotopic (exact) mass is 319 g/mol. The largest absolute Gasteiger partial charge is 0.335 e. The minimum Gasteiger partial charge on any atom is -0.335 e. The number of rotatable bonds is 4. The lowest BCUT2D eigenvalue weighted by atomic mass is 10.1. The highest BCUT2D eigenvalue weighted by atomic mass is 32.1. The number of nitrogens with zero attached hydrogens (tertiary/aromatic N) is 5. The number of hydrogen-bond donors (Lipinski definition) is 0. The molecule has 3 heterocycles. The summed E-state index contributed by atoms with van der Waals surface area (Å²) in [7, 11) is 2.15. The van der Waals surface area contributed by atoms with E-state index in [1.54, 1.807) is 11.3 Å². The van der Waals surface area contributed by atoms with Gasteiger partial charge < -0.3 is 4.57 Å². The van der Waals surface area contributed by atoms with Crippen LogP contribution in [0.4, 0.5) is 0 Å². The van der Waals surface area contributed by atoms with Gasteiger partial charge in [0.25, 0.3) is 0 Å². The molecule has 0 aromatic carbocycles. The highest BCUT2D eigenvalue weighted by Gasteiger charge is 2.24. The molecule has 2 aromatic heterocycles. The highest BCUT2D eigenvalue weighted by Crippen LogP contribution is 2.25. The van der Waals surface area contributed by atoms with Crippen molar-refractivity contribution in [2.45, 2.75) is 59.0 Å². The van der Waals surface area contributed by atoms with E-state index >= 15 is 0 Å². The lowest BCUT2D eigenvalue weighted by Gasteiger charge is -2.25. The van der Waals surface area contributed by atoms with Gasteiger partial charge in [-0.05, 0) is 0 Å². The molecule has 120 valence electrons. The van der Waals surface area contributed by atoms with E-state index < -0.39 is 0 Å². The predicted octanol–water partition coefficient (Wildman–Crippen LogP) is 3.08. The van der Waals surface area contributed by atoms with Crippen LogP contribution in [0.1, 0.15) is 66.8 Å². The number of fused-ring (bicyclic) bond motifs is 1. The van der Waals surface area contributed by atoms with E-state index in [2.05, 4.69) is 54.4 Å². The second-order valence-corrected chi connectivity index (χ2v) is 7.82. The van der Waals surface area contributed by atoms with Crippen molar-refractivity contribution in [3.8, 4) is 0 Å². The van der Waals surface area contributed by atoms with Crippen LogP contribution in [-0.4, -0.2) is 31.2 Å². The Balaban J connectivity index is 1.72. The van der Waals surface area contributed by atoms with Crippen molar-refractivity contribution in [2.24, 2.45) is 7.05 Å². The van der Waals surface area contributed by atoms with Crippen LogP contribution in [0.15, 0.2) is 0 Å². The van der Waals surface area contributed by atoms with Crippen LogP contribution in [0.25, 0.3) is 0 Å². The SMILES string of the molecule is CC(C)c1nnc(CN2CCc3c(nc(C(C)C)n3C)C2)s1. The molecule has 3 rings (SSSR count). The topological polar surface area (TPSA) is 46.8 Å². The van der Waals surface area contributed by atoms with Gasteiger partial charge in [0.15, 0.2) is 0 Å². The zero-order chi connectivity index (χ0) is 15.9. The van der Waals surface area contributed by atoms with E-state index in [4.69, 9.17) is 4.98 Å². The predicted molar refractivity (Wildman–Crippen MR) is 89.1 cm³/mol. The zero-order valence-corrected chi connectivity index (χ0v) is 14.9. The summed E-state index contributed by atoms with van der Waals surface area (Å²) in [5.74, 6) is 2.13. The van der Waals surface area contributed by atoms with Crippen molar-refractivity contribution >= 4 is 11.3 Å². The lowest BCUT2D eigenvalue weighted by molar-refractivity contribution is 0.239. The quantitative estimate of drug-likeness (QED) is 0.869. The molecule has 0 fully saturated rings. The molecule has 0 aliphatic carbocycles. The van der Waals surface area contributed by atoms with Gasteiger partial charge in [-0.2, -0.15) is 0 Å². The van der Waals surface area contributed by atoms with Crippen molar-refractivity contribution in [1.82, 2.24) is 24.6 Å². The Morgan fingerprint density at radius 3 is 2.55 bits per heavy atom. The Morgan fingerprint density at radius 1 is 1.14 bits per heavy atom. The molecule has 0 spiro atoms. The summed E-state index contributed by atoms with van der Waals surface area (Å²) in [5.41, 5.74) is 2.64. The molecule has 0 bridgehead atoms. The number of imidazole rings is 1. The lowest BCUT2D eigenvalue weighted by Crippen LogP contribution is -2.30. The van der Waals surface area contributed by atoms with Gasteiger partial charge in [0.1, 0.15) is 15.8 Å². The maximum absolute atomic E-state index is 4.86. The third-order valence-electron chi connectivity index (χ3n) is 4.22. The fraction of sp³-hybridized carbons (Fsp3) is 0.688. The van der Waals surface area contributed by atoms with Gasteiger partial charge in [-0.25, -0.2) is 4.98 Å². The first-order valence-corrected chi connectivity index (χ1v) is 8.86. The van der Waals surface area contributed by atoms with E-state index in [0.29, 0.717) is 11.8 Å². The Bertz CT molecular complexity index is 656. The Morgan fingerprint density at radius 2 is 1.91 bits per heavy atom.